The van der Waals surface area contributed by atoms with Gasteiger partial charge in [-0.1, -0.05) is 47.5 Å². The van der Waals surface area contributed by atoms with Crippen molar-refractivity contribution in [3.8, 4) is 0 Å². The molecule has 6 rings (SSSR count). The van der Waals surface area contributed by atoms with Crippen LogP contribution in [0.5, 0.6) is 0 Å². The highest BCUT2D eigenvalue weighted by Gasteiger charge is 2.20. The summed E-state index contributed by atoms with van der Waals surface area (Å²) in [5.74, 6) is 2.48. The van der Waals surface area contributed by atoms with Crippen LogP contribution in [-0.4, -0.2) is 46.9 Å². The predicted molar refractivity (Wildman–Crippen MR) is 154 cm³/mol. The van der Waals surface area contributed by atoms with Crippen LogP contribution >= 0.6 is 23.2 Å². The van der Waals surface area contributed by atoms with Gasteiger partial charge in [0.25, 0.3) is 0 Å². The third-order valence-electron chi connectivity index (χ3n) is 7.08. The smallest absolute Gasteiger partial charge is 0.229 e. The number of halogens is 2. The van der Waals surface area contributed by atoms with Crippen molar-refractivity contribution in [2.75, 3.05) is 41.4 Å². The Balaban J connectivity index is 1.27. The van der Waals surface area contributed by atoms with Crippen molar-refractivity contribution in [3.63, 3.8) is 0 Å². The minimum absolute atomic E-state index is 0.635. The van der Waals surface area contributed by atoms with Gasteiger partial charge in [-0.05, 0) is 49.4 Å². The van der Waals surface area contributed by atoms with Crippen LogP contribution < -0.4 is 15.2 Å². The molecule has 0 aliphatic carbocycles. The van der Waals surface area contributed by atoms with Gasteiger partial charge < -0.3 is 14.4 Å². The highest BCUT2D eigenvalue weighted by Crippen LogP contribution is 2.27. The van der Waals surface area contributed by atoms with Crippen molar-refractivity contribution in [2.45, 2.75) is 32.2 Å². The fourth-order valence-electron chi connectivity index (χ4n) is 5.16. The van der Waals surface area contributed by atoms with E-state index in [1.807, 2.05) is 36.5 Å². The van der Waals surface area contributed by atoms with Crippen LogP contribution in [0.15, 0.2) is 59.8 Å². The first kappa shape index (κ1) is 24.1. The number of hydrazone groups is 1. The van der Waals surface area contributed by atoms with Gasteiger partial charge in [0.2, 0.25) is 5.95 Å². The van der Waals surface area contributed by atoms with Crippen LogP contribution in [0, 0.1) is 0 Å². The number of aromatic nitrogens is 3. The van der Waals surface area contributed by atoms with Crippen molar-refractivity contribution in [1.82, 2.24) is 14.5 Å². The molecule has 1 N–H and O–H groups in total. The number of nitrogens with zero attached hydrogens (tertiary/aromatic N) is 6. The molecule has 2 aromatic heterocycles. The maximum Gasteiger partial charge on any atom is 0.229 e. The van der Waals surface area contributed by atoms with E-state index in [9.17, 15) is 0 Å². The van der Waals surface area contributed by atoms with Crippen LogP contribution in [0.3, 0.4) is 0 Å². The Bertz CT molecular complexity index is 1400. The van der Waals surface area contributed by atoms with Crippen LogP contribution in [0.1, 0.15) is 36.8 Å². The van der Waals surface area contributed by atoms with E-state index >= 15 is 0 Å². The monoisotopic (exact) mass is 533 g/mol. The molecule has 4 aromatic rings. The molecule has 0 saturated carbocycles. The number of anilines is 3. The molecule has 0 atom stereocenters. The molecule has 2 aliphatic rings. The van der Waals surface area contributed by atoms with E-state index in [4.69, 9.17) is 33.2 Å². The van der Waals surface area contributed by atoms with Crippen molar-refractivity contribution in [1.29, 1.82) is 0 Å². The minimum atomic E-state index is 0.635. The normalized spacial score (nSPS) is 15.9. The maximum atomic E-state index is 6.46. The molecular formula is C28H29Cl2N7. The average molecular weight is 534 g/mol. The largest absolute Gasteiger partial charge is 0.356 e. The zero-order chi connectivity index (χ0) is 25.2. The second-order valence-electron chi connectivity index (χ2n) is 9.63. The Morgan fingerprint density at radius 2 is 1.65 bits per heavy atom. The lowest BCUT2D eigenvalue weighted by molar-refractivity contribution is 0.836. The molecule has 190 valence electrons. The lowest BCUT2D eigenvalue weighted by Gasteiger charge is -2.21. The third-order valence-corrected chi connectivity index (χ3v) is 7.66. The molecule has 2 saturated heterocycles. The molecular weight excluding hydrogens is 505 g/mol. The standard InChI is InChI=1S/C28H29Cl2N7/c29-22-10-9-20(24(30)15-22)18-37-19-21(23-7-1-2-8-25(23)37)17-31-34-26-16-27(35-11-3-4-12-35)33-28(32-26)36-13-5-6-14-36/h1-2,7-10,15-17,19H,3-6,11-14,18H2,(H,32,33,34). The summed E-state index contributed by atoms with van der Waals surface area (Å²) in [6.45, 7) is 4.72. The van der Waals surface area contributed by atoms with Gasteiger partial charge >= 0.3 is 0 Å². The van der Waals surface area contributed by atoms with Gasteiger partial charge in [-0.2, -0.15) is 15.1 Å². The number of hydrogen-bond donors (Lipinski definition) is 1. The maximum absolute atomic E-state index is 6.46. The van der Waals surface area contributed by atoms with Crippen molar-refractivity contribution >= 4 is 57.9 Å². The van der Waals surface area contributed by atoms with E-state index in [0.717, 1.165) is 60.0 Å². The molecule has 7 nitrogen and oxygen atoms in total. The first-order valence-electron chi connectivity index (χ1n) is 12.8. The van der Waals surface area contributed by atoms with E-state index in [-0.39, 0.29) is 0 Å². The summed E-state index contributed by atoms with van der Waals surface area (Å²) in [6.07, 6.45) is 8.74. The summed E-state index contributed by atoms with van der Waals surface area (Å²) in [4.78, 5) is 14.3. The van der Waals surface area contributed by atoms with Gasteiger partial charge in [-0.25, -0.2) is 0 Å². The van der Waals surface area contributed by atoms with Gasteiger partial charge in [-0.15, -0.1) is 0 Å². The Morgan fingerprint density at radius 3 is 2.43 bits per heavy atom. The van der Waals surface area contributed by atoms with Gasteiger partial charge in [0.15, 0.2) is 5.82 Å². The highest BCUT2D eigenvalue weighted by atomic mass is 35.5. The molecule has 0 spiro atoms. The quantitative estimate of drug-likeness (QED) is 0.219. The Kier molecular flexibility index (Phi) is 6.89. The summed E-state index contributed by atoms with van der Waals surface area (Å²) in [5, 5.41) is 7.00. The van der Waals surface area contributed by atoms with Crippen LogP contribution in [0.25, 0.3) is 10.9 Å². The van der Waals surface area contributed by atoms with Gasteiger partial charge in [0, 0.05) is 71.5 Å². The predicted octanol–water partition coefficient (Wildman–Crippen LogP) is 6.43. The summed E-state index contributed by atoms with van der Waals surface area (Å²) < 4.78 is 2.19. The first-order valence-corrected chi connectivity index (χ1v) is 13.6. The van der Waals surface area contributed by atoms with E-state index in [0.29, 0.717) is 22.4 Å². The molecule has 4 heterocycles. The fourth-order valence-corrected chi connectivity index (χ4v) is 5.62. The van der Waals surface area contributed by atoms with Crippen molar-refractivity contribution in [3.05, 3.63) is 75.9 Å². The molecule has 2 aliphatic heterocycles. The van der Waals surface area contributed by atoms with Gasteiger partial charge in [0.1, 0.15) is 5.82 Å². The number of benzene rings is 2. The molecule has 0 radical (unpaired) electrons. The second-order valence-corrected chi connectivity index (χ2v) is 10.5. The molecule has 37 heavy (non-hydrogen) atoms. The van der Waals surface area contributed by atoms with Crippen LogP contribution in [0.4, 0.5) is 17.6 Å². The molecule has 0 unspecified atom stereocenters. The molecule has 0 bridgehead atoms. The van der Waals surface area contributed by atoms with Gasteiger partial charge in [0.05, 0.1) is 6.21 Å². The third kappa shape index (κ3) is 5.24. The van der Waals surface area contributed by atoms with E-state index in [2.05, 4.69) is 43.2 Å². The summed E-state index contributed by atoms with van der Waals surface area (Å²) >= 11 is 12.5. The minimum Gasteiger partial charge on any atom is -0.356 e. The first-order chi connectivity index (χ1) is 18.1. The van der Waals surface area contributed by atoms with Crippen molar-refractivity contribution in [2.24, 2.45) is 5.10 Å². The Hall–Kier alpha value is -3.29. The molecule has 0 amide bonds. The number of hydrogen-bond acceptors (Lipinski definition) is 6. The molecule has 2 aromatic carbocycles. The number of para-hydroxylation sites is 1. The summed E-state index contributed by atoms with van der Waals surface area (Å²) in [6, 6.07) is 15.9. The SMILES string of the molecule is Clc1ccc(Cn2cc(C=NNc3cc(N4CCCC4)nc(N4CCCC4)n3)c3ccccc32)c(Cl)c1. The number of rotatable bonds is 7. The Morgan fingerprint density at radius 1 is 0.892 bits per heavy atom. The molecule has 9 heteroatoms. The lowest BCUT2D eigenvalue weighted by Crippen LogP contribution is -2.24. The zero-order valence-corrected chi connectivity index (χ0v) is 22.1. The van der Waals surface area contributed by atoms with Crippen LogP contribution in [0.2, 0.25) is 10.0 Å². The summed E-state index contributed by atoms with van der Waals surface area (Å²) in [5.41, 5.74) is 6.32. The average Bonchev–Trinajstić information content (AvgIpc) is 3.68. The number of nitrogens with one attached hydrogen (secondary N) is 1. The zero-order valence-electron chi connectivity index (χ0n) is 20.6. The second kappa shape index (κ2) is 10.6. The van der Waals surface area contributed by atoms with Gasteiger partial charge in [-0.3, -0.25) is 5.43 Å². The Labute approximate surface area is 226 Å². The topological polar surface area (TPSA) is 61.6 Å². The van der Waals surface area contributed by atoms with E-state index < -0.39 is 0 Å². The highest BCUT2D eigenvalue weighted by molar-refractivity contribution is 6.35. The fraction of sp³-hybridized carbons (Fsp3) is 0.321. The van der Waals surface area contributed by atoms with Crippen molar-refractivity contribution < 1.29 is 0 Å². The molecule has 2 fully saturated rings. The number of fused-ring (bicyclic) bond motifs is 1. The lowest BCUT2D eigenvalue weighted by atomic mass is 10.2. The van der Waals surface area contributed by atoms with Crippen LogP contribution in [-0.2, 0) is 6.54 Å². The van der Waals surface area contributed by atoms with E-state index in [1.165, 1.54) is 25.7 Å². The van der Waals surface area contributed by atoms with E-state index in [1.54, 1.807) is 6.07 Å². The summed E-state index contributed by atoms with van der Waals surface area (Å²) in [7, 11) is 0.